The fraction of sp³-hybridized carbons (Fsp3) is 0. The van der Waals surface area contributed by atoms with Crippen molar-refractivity contribution in [3.8, 4) is 0 Å². The van der Waals surface area contributed by atoms with Crippen molar-refractivity contribution in [2.24, 2.45) is 0 Å². The van der Waals surface area contributed by atoms with Crippen LogP contribution >= 0.6 is 23.4 Å². The van der Waals surface area contributed by atoms with Crippen LogP contribution in [0.2, 0.25) is 5.15 Å². The summed E-state index contributed by atoms with van der Waals surface area (Å²) >= 11 is 7.25. The van der Waals surface area contributed by atoms with Crippen LogP contribution in [0.25, 0.3) is 5.70 Å². The van der Waals surface area contributed by atoms with Gasteiger partial charge in [0, 0.05) is 11.0 Å². The maximum atomic E-state index is 13.7. The number of nitrogens with zero attached hydrogens (tertiary/aromatic N) is 1. The Morgan fingerprint density at radius 1 is 1.17 bits per heavy atom. The zero-order chi connectivity index (χ0) is 12.5. The second kappa shape index (κ2) is 4.63. The maximum absolute atomic E-state index is 13.7. The van der Waals surface area contributed by atoms with Crippen molar-refractivity contribution in [2.45, 2.75) is 5.03 Å². The monoisotopic (exact) mass is 278 g/mol. The zero-order valence-electron chi connectivity index (χ0n) is 9.15. The zero-order valence-corrected chi connectivity index (χ0v) is 10.7. The van der Waals surface area contributed by atoms with E-state index < -0.39 is 0 Å². The number of halogens is 2. The Hall–Kier alpha value is -1.52. The smallest absolute Gasteiger partial charge is 0.132 e. The van der Waals surface area contributed by atoms with Crippen LogP contribution in [0.5, 0.6) is 0 Å². The Labute approximate surface area is 113 Å². The number of rotatable bonds is 1. The summed E-state index contributed by atoms with van der Waals surface area (Å²) in [5.74, 6) is -0.248. The first-order chi connectivity index (χ1) is 8.74. The summed E-state index contributed by atoms with van der Waals surface area (Å²) in [4.78, 5) is 4.19. The molecule has 2 aromatic rings. The molecule has 1 aliphatic rings. The molecule has 18 heavy (non-hydrogen) atoms. The lowest BCUT2D eigenvalue weighted by Gasteiger charge is -2.18. The van der Waals surface area contributed by atoms with Crippen LogP contribution in [0.3, 0.4) is 0 Å². The van der Waals surface area contributed by atoms with E-state index in [2.05, 4.69) is 10.3 Å². The molecule has 1 aromatic carbocycles. The lowest BCUT2D eigenvalue weighted by Crippen LogP contribution is -2.05. The summed E-state index contributed by atoms with van der Waals surface area (Å²) in [6, 6.07) is 10.2. The number of thioether (sulfide) groups is 1. The molecule has 1 aromatic heterocycles. The number of hydrogen-bond donors (Lipinski definition) is 1. The topological polar surface area (TPSA) is 24.9 Å². The van der Waals surface area contributed by atoms with Gasteiger partial charge in [-0.05, 0) is 24.3 Å². The number of pyridine rings is 1. The Kier molecular flexibility index (Phi) is 2.97. The molecule has 0 fully saturated rings. The molecule has 0 spiro atoms. The van der Waals surface area contributed by atoms with Crippen molar-refractivity contribution < 1.29 is 4.39 Å². The number of nitrogens with one attached hydrogen (secondary N) is 1. The predicted molar refractivity (Wildman–Crippen MR) is 73.1 cm³/mol. The molecule has 0 bridgehead atoms. The van der Waals surface area contributed by atoms with Gasteiger partial charge in [-0.15, -0.1) is 0 Å². The number of benzene rings is 1. The molecule has 90 valence electrons. The molecule has 2 heterocycles. The van der Waals surface area contributed by atoms with E-state index in [-0.39, 0.29) is 5.82 Å². The van der Waals surface area contributed by atoms with E-state index in [1.54, 1.807) is 24.3 Å². The molecule has 0 saturated carbocycles. The summed E-state index contributed by atoms with van der Waals surface area (Å²) in [5, 5.41) is 6.24. The van der Waals surface area contributed by atoms with Crippen LogP contribution in [-0.4, -0.2) is 4.98 Å². The van der Waals surface area contributed by atoms with Gasteiger partial charge in [-0.25, -0.2) is 9.37 Å². The Morgan fingerprint density at radius 2 is 2.00 bits per heavy atom. The highest BCUT2D eigenvalue weighted by Crippen LogP contribution is 2.36. The molecule has 0 radical (unpaired) electrons. The molecular weight excluding hydrogens is 271 g/mol. The number of aromatic nitrogens is 1. The fourth-order valence-corrected chi connectivity index (χ4v) is 2.71. The second-order valence-electron chi connectivity index (χ2n) is 3.74. The minimum absolute atomic E-state index is 0.248. The standard InChI is InChI=1S/C13H8ClFN2S/c14-12-6-5-10-13(17-12)18-7-11(16-10)8-3-1-2-4-9(8)15/h1-7,16H. The molecule has 1 N–H and O–H groups in total. The van der Waals surface area contributed by atoms with Crippen molar-refractivity contribution in [1.29, 1.82) is 0 Å². The highest BCUT2D eigenvalue weighted by atomic mass is 35.5. The largest absolute Gasteiger partial charge is 0.352 e. The van der Waals surface area contributed by atoms with Gasteiger partial charge in [-0.2, -0.15) is 0 Å². The summed E-state index contributed by atoms with van der Waals surface area (Å²) in [6.07, 6.45) is 0. The summed E-state index contributed by atoms with van der Waals surface area (Å²) < 4.78 is 13.7. The molecule has 0 atom stereocenters. The number of fused-ring (bicyclic) bond motifs is 1. The van der Waals surface area contributed by atoms with Crippen LogP contribution in [-0.2, 0) is 0 Å². The van der Waals surface area contributed by atoms with E-state index in [4.69, 9.17) is 11.6 Å². The second-order valence-corrected chi connectivity index (χ2v) is 4.99. The third kappa shape index (κ3) is 2.09. The minimum atomic E-state index is -0.248. The highest BCUT2D eigenvalue weighted by molar-refractivity contribution is 8.02. The van der Waals surface area contributed by atoms with Gasteiger partial charge in [0.15, 0.2) is 0 Å². The molecule has 5 heteroatoms. The van der Waals surface area contributed by atoms with Gasteiger partial charge in [0.1, 0.15) is 16.0 Å². The van der Waals surface area contributed by atoms with Gasteiger partial charge in [-0.3, -0.25) is 0 Å². The van der Waals surface area contributed by atoms with Crippen molar-refractivity contribution >= 4 is 34.7 Å². The third-order valence-electron chi connectivity index (χ3n) is 2.55. The molecule has 1 aliphatic heterocycles. The van der Waals surface area contributed by atoms with Crippen LogP contribution in [0, 0.1) is 5.82 Å². The van der Waals surface area contributed by atoms with Crippen molar-refractivity contribution in [1.82, 2.24) is 4.98 Å². The van der Waals surface area contributed by atoms with Gasteiger partial charge in [-0.1, -0.05) is 35.5 Å². The van der Waals surface area contributed by atoms with Gasteiger partial charge < -0.3 is 5.32 Å². The van der Waals surface area contributed by atoms with Crippen molar-refractivity contribution in [2.75, 3.05) is 5.32 Å². The predicted octanol–water partition coefficient (Wildman–Crippen LogP) is 4.39. The molecule has 0 saturated heterocycles. The minimum Gasteiger partial charge on any atom is -0.352 e. The van der Waals surface area contributed by atoms with Gasteiger partial charge in [0.2, 0.25) is 0 Å². The highest BCUT2D eigenvalue weighted by Gasteiger charge is 2.15. The van der Waals surface area contributed by atoms with Crippen LogP contribution < -0.4 is 5.32 Å². The van der Waals surface area contributed by atoms with E-state index >= 15 is 0 Å². The molecular formula is C13H8ClFN2S. The SMILES string of the molecule is Fc1ccccc1C1=CSc2nc(Cl)ccc2N1. The average Bonchev–Trinajstić information content (AvgIpc) is 2.39. The fourth-order valence-electron chi connectivity index (χ4n) is 1.70. The lowest BCUT2D eigenvalue weighted by atomic mass is 10.1. The van der Waals surface area contributed by atoms with Crippen LogP contribution in [0.1, 0.15) is 5.56 Å². The third-order valence-corrected chi connectivity index (χ3v) is 3.65. The summed E-state index contributed by atoms with van der Waals surface area (Å²) in [7, 11) is 0. The van der Waals surface area contributed by atoms with Gasteiger partial charge in [0.25, 0.3) is 0 Å². The van der Waals surface area contributed by atoms with E-state index in [9.17, 15) is 4.39 Å². The summed E-state index contributed by atoms with van der Waals surface area (Å²) in [5.41, 5.74) is 2.12. The van der Waals surface area contributed by atoms with E-state index in [0.29, 0.717) is 10.7 Å². The van der Waals surface area contributed by atoms with E-state index in [1.165, 1.54) is 17.8 Å². The molecule has 3 rings (SSSR count). The Bertz CT molecular complexity index is 643. The first-order valence-electron chi connectivity index (χ1n) is 5.29. The number of anilines is 1. The molecule has 0 aliphatic carbocycles. The quantitative estimate of drug-likeness (QED) is 0.783. The molecule has 0 unspecified atom stereocenters. The van der Waals surface area contributed by atoms with Crippen LogP contribution in [0.4, 0.5) is 10.1 Å². The lowest BCUT2D eigenvalue weighted by molar-refractivity contribution is 0.624. The molecule has 0 amide bonds. The van der Waals surface area contributed by atoms with Gasteiger partial charge in [0.05, 0.1) is 11.4 Å². The summed E-state index contributed by atoms with van der Waals surface area (Å²) in [6.45, 7) is 0. The average molecular weight is 279 g/mol. The van der Waals surface area contributed by atoms with Crippen molar-refractivity contribution in [3.05, 3.63) is 58.3 Å². The Balaban J connectivity index is 1.98. The van der Waals surface area contributed by atoms with Gasteiger partial charge >= 0.3 is 0 Å². The first-order valence-corrected chi connectivity index (χ1v) is 6.55. The molecule has 2 nitrogen and oxygen atoms in total. The van der Waals surface area contributed by atoms with Crippen LogP contribution in [0.15, 0.2) is 46.8 Å². The first kappa shape index (κ1) is 11.6. The van der Waals surface area contributed by atoms with E-state index in [1.807, 2.05) is 11.5 Å². The maximum Gasteiger partial charge on any atom is 0.132 e. The Morgan fingerprint density at radius 3 is 2.83 bits per heavy atom. The van der Waals surface area contributed by atoms with E-state index in [0.717, 1.165) is 16.4 Å². The number of hydrogen-bond acceptors (Lipinski definition) is 3. The normalized spacial score (nSPS) is 13.6. The van der Waals surface area contributed by atoms with Crippen molar-refractivity contribution in [3.63, 3.8) is 0 Å².